The number of rotatable bonds is 9. The minimum atomic E-state index is -1.29. The smallest absolute Gasteiger partial charge is 0.410 e. The highest BCUT2D eigenvalue weighted by Gasteiger charge is 2.60. The molecule has 2 bridgehead atoms. The van der Waals surface area contributed by atoms with Gasteiger partial charge in [-0.2, -0.15) is 0 Å². The van der Waals surface area contributed by atoms with Crippen molar-refractivity contribution in [2.75, 3.05) is 33.9 Å². The number of likely N-dealkylation sites (N-methyl/N-ethyl adjacent to an activating group) is 1. The van der Waals surface area contributed by atoms with E-state index in [-0.39, 0.29) is 30.3 Å². The van der Waals surface area contributed by atoms with Crippen molar-refractivity contribution in [3.05, 3.63) is 35.9 Å². The number of ketones is 1. The number of fused-ring (bicyclic) bond motifs is 4. The van der Waals surface area contributed by atoms with Gasteiger partial charge < -0.3 is 43.3 Å². The molecule has 12 heteroatoms. The fraction of sp³-hybridized carbons (Fsp3) is 0.795. The molecule has 0 saturated carbocycles. The highest BCUT2D eigenvalue weighted by molar-refractivity contribution is 5.85. The summed E-state index contributed by atoms with van der Waals surface area (Å²) in [6.45, 7) is 18.3. The van der Waals surface area contributed by atoms with Gasteiger partial charge in [-0.1, -0.05) is 65.0 Å². The molecule has 4 aliphatic heterocycles. The van der Waals surface area contributed by atoms with Crippen LogP contribution in [0.15, 0.2) is 30.3 Å². The van der Waals surface area contributed by atoms with E-state index in [1.54, 1.807) is 4.90 Å². The molecule has 1 N–H and O–H groups in total. The van der Waals surface area contributed by atoms with Crippen molar-refractivity contribution >= 4 is 17.8 Å². The first-order valence-electron chi connectivity index (χ1n) is 21.1. The Morgan fingerprint density at radius 2 is 1.66 bits per heavy atom. The average molecular weight is 787 g/mol. The second-order valence-electron chi connectivity index (χ2n) is 18.1. The van der Waals surface area contributed by atoms with Crippen molar-refractivity contribution in [1.29, 1.82) is 0 Å². The maximum atomic E-state index is 14.9. The zero-order valence-corrected chi connectivity index (χ0v) is 35.8. The Morgan fingerprint density at radius 3 is 2.32 bits per heavy atom. The van der Waals surface area contributed by atoms with Gasteiger partial charge in [0, 0.05) is 36.3 Å². The number of aliphatic hydroxyl groups is 1. The standard InChI is InChI=1S/C44H70N2O10/c1-12-34-44(9)38(46(42(50)56-44)21-17-16-20-32-18-14-13-15-19-32)29(5)35(47)27(3)23-43(8)39(55-41-36(48)33(45(10)11)22-28(4)53-41)30(6)37(31(7)40(49)54-34)51-24-26(2)25-52-43/h13-15,18-19,26-31,33-34,36-39,41,48H,12,16-17,20-25H2,1-11H3/t26?,27-,28-,29+,30+,31-,33+,34-,36-,37-,38-,39-,41+,43+,44-/m1/s1. The number of nitrogens with zero attached hydrogens (tertiary/aromatic N) is 2. The quantitative estimate of drug-likeness (QED) is 0.232. The number of ether oxygens (including phenoxy) is 6. The van der Waals surface area contributed by atoms with Gasteiger partial charge in [0.05, 0.1) is 49.1 Å². The number of amides is 1. The molecule has 1 aromatic carbocycles. The largest absolute Gasteiger partial charge is 0.458 e. The van der Waals surface area contributed by atoms with Gasteiger partial charge in [0.1, 0.15) is 18.0 Å². The van der Waals surface area contributed by atoms with Crippen molar-refractivity contribution < 1.29 is 47.9 Å². The molecule has 316 valence electrons. The van der Waals surface area contributed by atoms with Crippen LogP contribution in [0.5, 0.6) is 0 Å². The number of Topliss-reactive ketones (excluding diaryl/α,β-unsaturated/α-hetero) is 1. The van der Waals surface area contributed by atoms with Gasteiger partial charge in [0.25, 0.3) is 0 Å². The van der Waals surface area contributed by atoms with E-state index in [0.717, 1.165) is 12.8 Å². The third-order valence-electron chi connectivity index (χ3n) is 13.1. The summed E-state index contributed by atoms with van der Waals surface area (Å²) < 4.78 is 39.4. The van der Waals surface area contributed by atoms with Crippen LogP contribution in [0.25, 0.3) is 0 Å². The number of carbonyl (C=O) groups is 3. The van der Waals surface area contributed by atoms with E-state index in [2.05, 4.69) is 12.1 Å². The molecule has 0 aromatic heterocycles. The fourth-order valence-electron chi connectivity index (χ4n) is 10.00. The molecule has 0 aliphatic carbocycles. The molecule has 15 atom stereocenters. The van der Waals surface area contributed by atoms with Crippen LogP contribution in [0.2, 0.25) is 0 Å². The minimum Gasteiger partial charge on any atom is -0.458 e. The molecule has 1 amide bonds. The highest BCUT2D eigenvalue weighted by atomic mass is 16.7. The van der Waals surface area contributed by atoms with Gasteiger partial charge in [-0.15, -0.1) is 0 Å². The van der Waals surface area contributed by atoms with Crippen LogP contribution in [0, 0.1) is 29.6 Å². The molecule has 1 unspecified atom stereocenters. The molecule has 1 aromatic rings. The van der Waals surface area contributed by atoms with Crippen LogP contribution in [0.3, 0.4) is 0 Å². The summed E-state index contributed by atoms with van der Waals surface area (Å²) in [7, 11) is 3.86. The summed E-state index contributed by atoms with van der Waals surface area (Å²) in [5.41, 5.74) is -1.14. The summed E-state index contributed by atoms with van der Waals surface area (Å²) in [4.78, 5) is 46.8. The summed E-state index contributed by atoms with van der Waals surface area (Å²) >= 11 is 0. The third-order valence-corrected chi connectivity index (χ3v) is 13.1. The lowest BCUT2D eigenvalue weighted by Crippen LogP contribution is -2.61. The molecule has 4 saturated heterocycles. The van der Waals surface area contributed by atoms with Crippen molar-refractivity contribution in [1.82, 2.24) is 9.80 Å². The van der Waals surface area contributed by atoms with E-state index < -0.39 is 83.7 Å². The summed E-state index contributed by atoms with van der Waals surface area (Å²) in [5, 5.41) is 11.6. The molecule has 5 rings (SSSR count). The number of benzene rings is 1. The van der Waals surface area contributed by atoms with E-state index in [9.17, 15) is 19.5 Å². The molecular weight excluding hydrogens is 716 g/mol. The summed E-state index contributed by atoms with van der Waals surface area (Å²) in [6, 6.07) is 9.34. The minimum absolute atomic E-state index is 0.0298. The number of unbranched alkanes of at least 4 members (excludes halogenated alkanes) is 1. The van der Waals surface area contributed by atoms with E-state index >= 15 is 0 Å². The normalized spacial score (nSPS) is 41.6. The van der Waals surface area contributed by atoms with Crippen LogP contribution >= 0.6 is 0 Å². The van der Waals surface area contributed by atoms with Crippen LogP contribution in [-0.2, 0) is 44.4 Å². The zero-order chi connectivity index (χ0) is 41.1. The van der Waals surface area contributed by atoms with E-state index in [4.69, 9.17) is 28.4 Å². The number of carbonyl (C=O) groups excluding carboxylic acids is 3. The maximum Gasteiger partial charge on any atom is 0.410 e. The zero-order valence-electron chi connectivity index (χ0n) is 35.8. The molecule has 56 heavy (non-hydrogen) atoms. The SMILES string of the molecule is CC[C@H]1OC(=O)[C@H](C)[C@@H]2OCC(C)CO[C@@](C)(C[C@@H](C)C(=O)[C@H](C)[C@H]3N(CCCCc4ccccc4)C(=O)O[C@]13C)[C@H](O[C@@H]1O[C@H](C)C[C@H](N(C)C)[C@H]1O)[C@H]2C. The first-order valence-corrected chi connectivity index (χ1v) is 21.1. The molecule has 4 fully saturated rings. The lowest BCUT2D eigenvalue weighted by molar-refractivity contribution is -0.302. The van der Waals surface area contributed by atoms with E-state index in [1.165, 1.54) is 5.56 Å². The first-order chi connectivity index (χ1) is 26.4. The second-order valence-corrected chi connectivity index (χ2v) is 18.1. The Kier molecular flexibility index (Phi) is 14.7. The van der Waals surface area contributed by atoms with Gasteiger partial charge in [0.2, 0.25) is 0 Å². The Labute approximate surface area is 335 Å². The predicted octanol–water partition coefficient (Wildman–Crippen LogP) is 6.05. The van der Waals surface area contributed by atoms with Crippen molar-refractivity contribution in [2.45, 2.75) is 161 Å². The molecule has 4 aliphatic rings. The van der Waals surface area contributed by atoms with Crippen molar-refractivity contribution in [3.63, 3.8) is 0 Å². The van der Waals surface area contributed by atoms with Crippen LogP contribution in [0.4, 0.5) is 4.79 Å². The number of hydrogen-bond donors (Lipinski definition) is 1. The Bertz CT molecular complexity index is 1480. The van der Waals surface area contributed by atoms with Crippen LogP contribution < -0.4 is 0 Å². The van der Waals surface area contributed by atoms with E-state index in [1.807, 2.05) is 99.5 Å². The number of aliphatic hydroxyl groups excluding tert-OH is 1. The second kappa shape index (κ2) is 18.5. The highest BCUT2D eigenvalue weighted by Crippen LogP contribution is 2.44. The summed E-state index contributed by atoms with van der Waals surface area (Å²) in [6.07, 6.45) is -1.21. The van der Waals surface area contributed by atoms with Crippen LogP contribution in [0.1, 0.15) is 100.0 Å². The monoisotopic (exact) mass is 787 g/mol. The molecule has 12 nitrogen and oxygen atoms in total. The van der Waals surface area contributed by atoms with Gasteiger partial charge in [0.15, 0.2) is 11.9 Å². The Balaban J connectivity index is 1.54. The number of cyclic esters (lactones) is 1. The first kappa shape index (κ1) is 44.5. The van der Waals surface area contributed by atoms with Crippen LogP contribution in [-0.4, -0.2) is 127 Å². The average Bonchev–Trinajstić information content (AvgIpc) is 3.43. The predicted molar refractivity (Wildman–Crippen MR) is 212 cm³/mol. The van der Waals surface area contributed by atoms with Gasteiger partial charge in [-0.25, -0.2) is 4.79 Å². The van der Waals surface area contributed by atoms with E-state index in [0.29, 0.717) is 39.0 Å². The topological polar surface area (TPSA) is 133 Å². The Hall–Kier alpha value is -2.61. The number of aryl methyl sites for hydroxylation is 1. The van der Waals surface area contributed by atoms with Gasteiger partial charge >= 0.3 is 12.1 Å². The number of hydrogen-bond acceptors (Lipinski definition) is 11. The van der Waals surface area contributed by atoms with Gasteiger partial charge in [-0.05, 0) is 85.9 Å². The van der Waals surface area contributed by atoms with Crippen molar-refractivity contribution in [3.8, 4) is 0 Å². The lowest BCUT2D eigenvalue weighted by Gasteiger charge is -2.48. The van der Waals surface area contributed by atoms with Gasteiger partial charge in [-0.3, -0.25) is 9.59 Å². The third kappa shape index (κ3) is 9.47. The molecular formula is C44H70N2O10. The molecule has 0 spiro atoms. The summed E-state index contributed by atoms with van der Waals surface area (Å²) in [5.74, 6) is -2.99. The fourth-order valence-corrected chi connectivity index (χ4v) is 10.00. The Morgan fingerprint density at radius 1 is 0.964 bits per heavy atom. The maximum absolute atomic E-state index is 14.9. The molecule has 0 radical (unpaired) electrons. The molecule has 4 heterocycles. The number of esters is 1. The lowest BCUT2D eigenvalue weighted by atomic mass is 9.73. The van der Waals surface area contributed by atoms with Crippen molar-refractivity contribution in [2.24, 2.45) is 29.6 Å².